The molecule has 0 saturated carbocycles. The van der Waals surface area contributed by atoms with Gasteiger partial charge in [-0.05, 0) is 44.2 Å². The first-order valence-corrected chi connectivity index (χ1v) is 10.3. The van der Waals surface area contributed by atoms with Crippen LogP contribution in [0.1, 0.15) is 46.3 Å². The van der Waals surface area contributed by atoms with E-state index in [-0.39, 0.29) is 17.5 Å². The number of carbonyl (C=O) groups excluding carboxylic acids is 2. The molecule has 9 heteroatoms. The molecule has 1 amide bonds. The SMILES string of the molecule is CC(C)n1cc(C(=O)c2cncc(NC(=O)c3ccc4cccnc4n3)c2)c2cncnc21. The monoisotopic (exact) mass is 437 g/mol. The van der Waals surface area contributed by atoms with Crippen LogP contribution in [0.4, 0.5) is 5.69 Å². The van der Waals surface area contributed by atoms with E-state index < -0.39 is 5.91 Å². The van der Waals surface area contributed by atoms with Gasteiger partial charge in [0.05, 0.1) is 17.4 Å². The molecule has 5 aromatic rings. The number of rotatable bonds is 5. The van der Waals surface area contributed by atoms with E-state index in [2.05, 4.69) is 30.2 Å². The van der Waals surface area contributed by atoms with Crippen molar-refractivity contribution in [3.05, 3.63) is 84.5 Å². The molecule has 0 saturated heterocycles. The van der Waals surface area contributed by atoms with Crippen LogP contribution in [0, 0.1) is 0 Å². The van der Waals surface area contributed by atoms with E-state index in [9.17, 15) is 9.59 Å². The molecule has 0 spiro atoms. The van der Waals surface area contributed by atoms with E-state index in [1.807, 2.05) is 30.5 Å². The number of ketones is 1. The molecule has 1 N–H and O–H groups in total. The number of aromatic nitrogens is 6. The van der Waals surface area contributed by atoms with Gasteiger partial charge in [0.15, 0.2) is 11.4 Å². The molecule has 162 valence electrons. The van der Waals surface area contributed by atoms with E-state index in [4.69, 9.17) is 0 Å². The van der Waals surface area contributed by atoms with Crippen molar-refractivity contribution in [2.45, 2.75) is 19.9 Å². The molecule has 5 heterocycles. The fourth-order valence-electron chi connectivity index (χ4n) is 3.63. The smallest absolute Gasteiger partial charge is 0.274 e. The third-order valence-corrected chi connectivity index (χ3v) is 5.25. The Labute approximate surface area is 188 Å². The Balaban J connectivity index is 1.44. The Kier molecular flexibility index (Phi) is 5.06. The minimum absolute atomic E-state index is 0.122. The van der Waals surface area contributed by atoms with Crippen molar-refractivity contribution < 1.29 is 9.59 Å². The first-order valence-electron chi connectivity index (χ1n) is 10.3. The lowest BCUT2D eigenvalue weighted by atomic mass is 10.1. The van der Waals surface area contributed by atoms with Crippen molar-refractivity contribution in [1.82, 2.24) is 29.5 Å². The molecule has 33 heavy (non-hydrogen) atoms. The highest BCUT2D eigenvalue weighted by Gasteiger charge is 2.20. The molecular weight excluding hydrogens is 418 g/mol. The number of nitrogens with zero attached hydrogens (tertiary/aromatic N) is 6. The van der Waals surface area contributed by atoms with Crippen molar-refractivity contribution in [2.24, 2.45) is 0 Å². The molecule has 0 unspecified atom stereocenters. The summed E-state index contributed by atoms with van der Waals surface area (Å²) >= 11 is 0. The maximum absolute atomic E-state index is 13.3. The van der Waals surface area contributed by atoms with Crippen molar-refractivity contribution in [1.29, 1.82) is 0 Å². The highest BCUT2D eigenvalue weighted by Crippen LogP contribution is 2.25. The third-order valence-electron chi connectivity index (χ3n) is 5.25. The highest BCUT2D eigenvalue weighted by molar-refractivity contribution is 6.16. The summed E-state index contributed by atoms with van der Waals surface area (Å²) in [6, 6.07) is 8.81. The molecule has 9 nitrogen and oxygen atoms in total. The normalized spacial score (nSPS) is 11.2. The molecule has 0 aliphatic heterocycles. The molecule has 0 fully saturated rings. The van der Waals surface area contributed by atoms with Gasteiger partial charge in [0, 0.05) is 47.2 Å². The summed E-state index contributed by atoms with van der Waals surface area (Å²) in [6.07, 6.45) is 9.45. The number of anilines is 1. The van der Waals surface area contributed by atoms with Crippen molar-refractivity contribution in [3.8, 4) is 0 Å². The molecule has 0 bridgehead atoms. The summed E-state index contributed by atoms with van der Waals surface area (Å²) < 4.78 is 1.93. The van der Waals surface area contributed by atoms with Crippen LogP contribution in [-0.2, 0) is 0 Å². The summed E-state index contributed by atoms with van der Waals surface area (Å²) in [6.45, 7) is 4.04. The minimum Gasteiger partial charge on any atom is -0.329 e. The van der Waals surface area contributed by atoms with Crippen LogP contribution in [0.5, 0.6) is 0 Å². The molecule has 0 aliphatic rings. The summed E-state index contributed by atoms with van der Waals surface area (Å²) in [5.41, 5.74) is 2.60. The zero-order valence-corrected chi connectivity index (χ0v) is 17.9. The predicted molar refractivity (Wildman–Crippen MR) is 123 cm³/mol. The second-order valence-corrected chi connectivity index (χ2v) is 7.80. The summed E-state index contributed by atoms with van der Waals surface area (Å²) in [5, 5.41) is 4.26. The van der Waals surface area contributed by atoms with Gasteiger partial charge < -0.3 is 9.88 Å². The summed E-state index contributed by atoms with van der Waals surface area (Å²) in [7, 11) is 0. The third kappa shape index (κ3) is 3.80. The molecule has 0 aromatic carbocycles. The second kappa shape index (κ2) is 8.19. The Bertz CT molecular complexity index is 1520. The largest absolute Gasteiger partial charge is 0.329 e. The second-order valence-electron chi connectivity index (χ2n) is 7.80. The lowest BCUT2D eigenvalue weighted by Gasteiger charge is -2.07. The topological polar surface area (TPSA) is 116 Å². The number of hydrogen-bond donors (Lipinski definition) is 1. The fourth-order valence-corrected chi connectivity index (χ4v) is 3.63. The first kappa shape index (κ1) is 20.4. The van der Waals surface area contributed by atoms with Gasteiger partial charge in [-0.2, -0.15) is 0 Å². The van der Waals surface area contributed by atoms with Gasteiger partial charge in [0.1, 0.15) is 17.7 Å². The van der Waals surface area contributed by atoms with Gasteiger partial charge >= 0.3 is 0 Å². The molecule has 0 atom stereocenters. The summed E-state index contributed by atoms with van der Waals surface area (Å²) in [4.78, 5) is 47.1. The van der Waals surface area contributed by atoms with E-state index in [1.54, 1.807) is 36.8 Å². The van der Waals surface area contributed by atoms with E-state index in [1.165, 1.54) is 18.7 Å². The van der Waals surface area contributed by atoms with Gasteiger partial charge in [-0.25, -0.2) is 19.9 Å². The van der Waals surface area contributed by atoms with E-state index >= 15 is 0 Å². The molecule has 5 rings (SSSR count). The minimum atomic E-state index is -0.418. The van der Waals surface area contributed by atoms with Gasteiger partial charge in [-0.3, -0.25) is 14.6 Å². The predicted octanol–water partition coefficient (Wildman–Crippen LogP) is 3.83. The zero-order valence-electron chi connectivity index (χ0n) is 17.9. The quantitative estimate of drug-likeness (QED) is 0.415. The van der Waals surface area contributed by atoms with Crippen molar-refractivity contribution >= 4 is 39.4 Å². The molecule has 5 aromatic heterocycles. The van der Waals surface area contributed by atoms with Crippen LogP contribution in [0.2, 0.25) is 0 Å². The fraction of sp³-hybridized carbons (Fsp3) is 0.125. The van der Waals surface area contributed by atoms with Gasteiger partial charge in [0.25, 0.3) is 5.91 Å². The van der Waals surface area contributed by atoms with Crippen molar-refractivity contribution in [3.63, 3.8) is 0 Å². The molecule has 0 aliphatic carbocycles. The zero-order chi connectivity index (χ0) is 22.9. The lowest BCUT2D eigenvalue weighted by molar-refractivity contribution is 0.101. The van der Waals surface area contributed by atoms with E-state index in [0.29, 0.717) is 33.5 Å². The van der Waals surface area contributed by atoms with Crippen LogP contribution in [0.15, 0.2) is 67.6 Å². The molecular formula is C24H19N7O2. The Hall–Kier alpha value is -4.53. The van der Waals surface area contributed by atoms with Crippen molar-refractivity contribution in [2.75, 3.05) is 5.32 Å². The number of carbonyl (C=O) groups is 2. The maximum Gasteiger partial charge on any atom is 0.274 e. The Morgan fingerprint density at radius 2 is 1.91 bits per heavy atom. The average molecular weight is 437 g/mol. The number of fused-ring (bicyclic) bond motifs is 2. The summed E-state index contributed by atoms with van der Waals surface area (Å²) in [5.74, 6) is -0.649. The number of hydrogen-bond acceptors (Lipinski definition) is 7. The van der Waals surface area contributed by atoms with Gasteiger partial charge in [-0.15, -0.1) is 0 Å². The first-order chi connectivity index (χ1) is 16.0. The van der Waals surface area contributed by atoms with Crippen LogP contribution >= 0.6 is 0 Å². The van der Waals surface area contributed by atoms with E-state index in [0.717, 1.165) is 5.39 Å². The van der Waals surface area contributed by atoms with Crippen LogP contribution in [-0.4, -0.2) is 41.2 Å². The number of amides is 1. The Morgan fingerprint density at radius 3 is 2.76 bits per heavy atom. The van der Waals surface area contributed by atoms with Gasteiger partial charge in [0.2, 0.25) is 0 Å². The lowest BCUT2D eigenvalue weighted by Crippen LogP contribution is -2.14. The highest BCUT2D eigenvalue weighted by atomic mass is 16.2. The number of nitrogens with one attached hydrogen (secondary N) is 1. The van der Waals surface area contributed by atoms with Crippen LogP contribution in [0.3, 0.4) is 0 Å². The van der Waals surface area contributed by atoms with Crippen LogP contribution < -0.4 is 5.32 Å². The van der Waals surface area contributed by atoms with Crippen LogP contribution in [0.25, 0.3) is 22.1 Å². The maximum atomic E-state index is 13.3. The standard InChI is InChI=1S/C24H19N7O2/c1-14(2)31-12-19(18-11-26-13-28-23(18)31)21(32)16-8-17(10-25-9-16)29-24(33)20-6-5-15-4-3-7-27-22(15)30-20/h3-14H,1-2H3,(H,29,33). The Morgan fingerprint density at radius 1 is 1.03 bits per heavy atom. The average Bonchev–Trinajstić information content (AvgIpc) is 3.23. The molecule has 0 radical (unpaired) electrons. The number of pyridine rings is 3. The van der Waals surface area contributed by atoms with Gasteiger partial charge in [-0.1, -0.05) is 0 Å².